The topological polar surface area (TPSA) is 113 Å². The number of carbonyl (C=O) groups excluding carboxylic acids is 2. The summed E-state index contributed by atoms with van der Waals surface area (Å²) in [4.78, 5) is 37.4. The van der Waals surface area contributed by atoms with E-state index in [2.05, 4.69) is 5.32 Å². The minimum Gasteiger partial charge on any atom is -0.387 e. The Bertz CT molecular complexity index is 1070. The van der Waals surface area contributed by atoms with Gasteiger partial charge in [-0.1, -0.05) is 12.1 Å². The average molecular weight is 465 g/mol. The van der Waals surface area contributed by atoms with Crippen LogP contribution in [-0.2, 0) is 11.0 Å². The number of nitro groups is 1. The van der Waals surface area contributed by atoms with E-state index in [1.54, 1.807) is 0 Å². The van der Waals surface area contributed by atoms with Crippen LogP contribution in [0.5, 0.6) is 0 Å². The van der Waals surface area contributed by atoms with Crippen LogP contribution in [0.25, 0.3) is 0 Å². The molecule has 1 heterocycles. The highest BCUT2D eigenvalue weighted by Gasteiger charge is 2.35. The van der Waals surface area contributed by atoms with Crippen LogP contribution in [-0.4, -0.2) is 45.9 Å². The number of alkyl halides is 3. The maximum absolute atomic E-state index is 12.9. The second kappa shape index (κ2) is 9.57. The molecule has 1 saturated heterocycles. The van der Waals surface area contributed by atoms with Gasteiger partial charge in [-0.25, -0.2) is 0 Å². The van der Waals surface area contributed by atoms with Gasteiger partial charge in [0.25, 0.3) is 11.6 Å². The molecular formula is C22H22F3N3O5. The molecule has 11 heteroatoms. The summed E-state index contributed by atoms with van der Waals surface area (Å²) in [6.45, 7) is 1.50. The molecule has 33 heavy (non-hydrogen) atoms. The van der Waals surface area contributed by atoms with E-state index >= 15 is 0 Å². The van der Waals surface area contributed by atoms with Crippen molar-refractivity contribution in [1.29, 1.82) is 0 Å². The number of benzene rings is 2. The Labute approximate surface area is 187 Å². The van der Waals surface area contributed by atoms with E-state index in [-0.39, 0.29) is 23.4 Å². The van der Waals surface area contributed by atoms with E-state index in [1.807, 2.05) is 0 Å². The van der Waals surface area contributed by atoms with Gasteiger partial charge in [-0.15, -0.1) is 0 Å². The first-order valence-corrected chi connectivity index (χ1v) is 10.2. The van der Waals surface area contributed by atoms with Gasteiger partial charge < -0.3 is 15.3 Å². The van der Waals surface area contributed by atoms with Gasteiger partial charge in [0.1, 0.15) is 6.04 Å². The molecular weight excluding hydrogens is 443 g/mol. The maximum Gasteiger partial charge on any atom is 0.416 e. The van der Waals surface area contributed by atoms with Crippen molar-refractivity contribution in [3.8, 4) is 0 Å². The zero-order valence-corrected chi connectivity index (χ0v) is 17.6. The van der Waals surface area contributed by atoms with Gasteiger partial charge in [-0.3, -0.25) is 19.7 Å². The first kappa shape index (κ1) is 24.2. The predicted molar refractivity (Wildman–Crippen MR) is 111 cm³/mol. The number of halogens is 3. The van der Waals surface area contributed by atoms with Crippen LogP contribution < -0.4 is 5.32 Å². The molecule has 8 nitrogen and oxygen atoms in total. The summed E-state index contributed by atoms with van der Waals surface area (Å²) in [6, 6.07) is 7.35. The minimum atomic E-state index is -4.56. The molecule has 3 rings (SSSR count). The average Bonchev–Trinajstić information content (AvgIpc) is 3.26. The van der Waals surface area contributed by atoms with Crippen molar-refractivity contribution in [3.05, 3.63) is 74.8 Å². The third-order valence-corrected chi connectivity index (χ3v) is 5.53. The number of amides is 2. The first-order chi connectivity index (χ1) is 15.5. The van der Waals surface area contributed by atoms with Crippen molar-refractivity contribution < 1.29 is 32.8 Å². The van der Waals surface area contributed by atoms with Gasteiger partial charge in [0.05, 0.1) is 16.6 Å². The Morgan fingerprint density at radius 2 is 2.00 bits per heavy atom. The second-order valence-electron chi connectivity index (χ2n) is 7.80. The molecule has 2 atom stereocenters. The number of likely N-dealkylation sites (tertiary alicyclic amines) is 1. The Morgan fingerprint density at radius 1 is 1.27 bits per heavy atom. The van der Waals surface area contributed by atoms with Crippen molar-refractivity contribution >= 4 is 17.5 Å². The lowest BCUT2D eigenvalue weighted by atomic mass is 10.1. The standard InChI is InChI=1S/C22H22F3N3O5/c1-13-10-15(7-8-17(13)28(32)33)21(31)27-9-3-6-18(27)20(30)26-12-19(29)14-4-2-5-16(11-14)22(23,24)25/h2,4-5,7-8,10-11,18-19,29H,3,6,9,12H2,1H3,(H,26,30). The van der Waals surface area contributed by atoms with Crippen molar-refractivity contribution in [1.82, 2.24) is 10.2 Å². The smallest absolute Gasteiger partial charge is 0.387 e. The van der Waals surface area contributed by atoms with E-state index in [4.69, 9.17) is 0 Å². The van der Waals surface area contributed by atoms with Crippen LogP contribution in [0.4, 0.5) is 18.9 Å². The number of nitro benzene ring substituents is 1. The fourth-order valence-corrected chi connectivity index (χ4v) is 3.80. The third-order valence-electron chi connectivity index (χ3n) is 5.53. The van der Waals surface area contributed by atoms with E-state index in [0.29, 0.717) is 24.9 Å². The number of aliphatic hydroxyl groups is 1. The number of hydrogen-bond acceptors (Lipinski definition) is 5. The quantitative estimate of drug-likeness (QED) is 0.502. The van der Waals surface area contributed by atoms with Crippen LogP contribution in [0.2, 0.25) is 0 Å². The number of nitrogens with one attached hydrogen (secondary N) is 1. The molecule has 1 aliphatic rings. The molecule has 176 valence electrons. The molecule has 0 aromatic heterocycles. The Balaban J connectivity index is 1.66. The van der Waals surface area contributed by atoms with Crippen LogP contribution >= 0.6 is 0 Å². The molecule has 2 aromatic rings. The van der Waals surface area contributed by atoms with Crippen LogP contribution in [0, 0.1) is 17.0 Å². The lowest BCUT2D eigenvalue weighted by molar-refractivity contribution is -0.385. The molecule has 1 fully saturated rings. The molecule has 0 bridgehead atoms. The summed E-state index contributed by atoms with van der Waals surface area (Å²) in [7, 11) is 0. The van der Waals surface area contributed by atoms with Crippen molar-refractivity contribution in [2.45, 2.75) is 38.1 Å². The molecule has 0 radical (unpaired) electrons. The molecule has 0 aliphatic carbocycles. The number of hydrogen-bond donors (Lipinski definition) is 2. The van der Waals surface area contributed by atoms with Crippen molar-refractivity contribution in [2.75, 3.05) is 13.1 Å². The maximum atomic E-state index is 12.9. The molecule has 2 N–H and O–H groups in total. The first-order valence-electron chi connectivity index (χ1n) is 10.2. The summed E-state index contributed by atoms with van der Waals surface area (Å²) in [5, 5.41) is 23.7. The summed E-state index contributed by atoms with van der Waals surface area (Å²) < 4.78 is 38.6. The SMILES string of the molecule is Cc1cc(C(=O)N2CCCC2C(=O)NCC(O)c2cccc(C(F)(F)F)c2)ccc1[N+](=O)[O-]. The minimum absolute atomic E-state index is 0.00540. The van der Waals surface area contributed by atoms with E-state index < -0.39 is 40.6 Å². The highest BCUT2D eigenvalue weighted by molar-refractivity contribution is 5.98. The van der Waals surface area contributed by atoms with Crippen LogP contribution in [0.15, 0.2) is 42.5 Å². The van der Waals surface area contributed by atoms with E-state index in [0.717, 1.165) is 12.1 Å². The summed E-state index contributed by atoms with van der Waals surface area (Å²) in [5.74, 6) is -0.991. The van der Waals surface area contributed by atoms with Crippen molar-refractivity contribution in [2.24, 2.45) is 0 Å². The van der Waals surface area contributed by atoms with E-state index in [9.17, 15) is 38.0 Å². The number of rotatable bonds is 6. The molecule has 2 unspecified atom stereocenters. The molecule has 0 spiro atoms. The fourth-order valence-electron chi connectivity index (χ4n) is 3.80. The van der Waals surface area contributed by atoms with Crippen LogP contribution in [0.1, 0.15) is 46.0 Å². The molecule has 0 saturated carbocycles. The van der Waals surface area contributed by atoms with Crippen LogP contribution in [0.3, 0.4) is 0 Å². The Kier molecular flexibility index (Phi) is 7.01. The summed E-state index contributed by atoms with van der Waals surface area (Å²) in [6.07, 6.45) is -4.98. The lowest BCUT2D eigenvalue weighted by Gasteiger charge is -2.25. The van der Waals surface area contributed by atoms with Gasteiger partial charge in [-0.05, 0) is 49.6 Å². The number of nitrogens with zero attached hydrogens (tertiary/aromatic N) is 2. The number of carbonyl (C=O) groups is 2. The largest absolute Gasteiger partial charge is 0.416 e. The van der Waals surface area contributed by atoms with Gasteiger partial charge in [0, 0.05) is 30.3 Å². The van der Waals surface area contributed by atoms with Gasteiger partial charge in [-0.2, -0.15) is 13.2 Å². The second-order valence-corrected chi connectivity index (χ2v) is 7.80. The van der Waals surface area contributed by atoms with E-state index in [1.165, 1.54) is 42.2 Å². The number of aryl methyl sites for hydroxylation is 1. The molecule has 1 aliphatic heterocycles. The monoisotopic (exact) mass is 465 g/mol. The Hall–Kier alpha value is -3.47. The summed E-state index contributed by atoms with van der Waals surface area (Å²) >= 11 is 0. The Morgan fingerprint density at radius 3 is 2.64 bits per heavy atom. The third kappa shape index (κ3) is 5.48. The molecule has 2 amide bonds. The zero-order valence-electron chi connectivity index (χ0n) is 17.6. The zero-order chi connectivity index (χ0) is 24.3. The normalized spacial score (nSPS) is 17.0. The predicted octanol–water partition coefficient (Wildman–Crippen LogP) is 3.38. The summed E-state index contributed by atoms with van der Waals surface area (Å²) in [5.41, 5.74) is -0.495. The van der Waals surface area contributed by atoms with Crippen molar-refractivity contribution in [3.63, 3.8) is 0 Å². The lowest BCUT2D eigenvalue weighted by Crippen LogP contribution is -2.46. The van der Waals surface area contributed by atoms with Gasteiger partial charge >= 0.3 is 6.18 Å². The molecule has 2 aromatic carbocycles. The van der Waals surface area contributed by atoms with Gasteiger partial charge in [0.15, 0.2) is 0 Å². The highest BCUT2D eigenvalue weighted by atomic mass is 19.4. The number of aliphatic hydroxyl groups excluding tert-OH is 1. The highest BCUT2D eigenvalue weighted by Crippen LogP contribution is 2.31. The van der Waals surface area contributed by atoms with Gasteiger partial charge in [0.2, 0.25) is 5.91 Å². The fraction of sp³-hybridized carbons (Fsp3) is 0.364.